The second-order valence-corrected chi connectivity index (χ2v) is 5.46. The van der Waals surface area contributed by atoms with Crippen molar-refractivity contribution in [3.8, 4) is 6.07 Å². The molecule has 0 bridgehead atoms. The molecule has 0 spiro atoms. The van der Waals surface area contributed by atoms with Gasteiger partial charge in [0.1, 0.15) is 5.92 Å². The number of carbonyl (C=O) groups is 1. The van der Waals surface area contributed by atoms with Crippen LogP contribution in [0.2, 0.25) is 0 Å². The van der Waals surface area contributed by atoms with Crippen LogP contribution in [-0.2, 0) is 4.79 Å². The summed E-state index contributed by atoms with van der Waals surface area (Å²) in [6.07, 6.45) is 2.67. The van der Waals surface area contributed by atoms with Gasteiger partial charge in [-0.25, -0.2) is 0 Å². The van der Waals surface area contributed by atoms with Crippen LogP contribution in [0.5, 0.6) is 0 Å². The second-order valence-electron chi connectivity index (χ2n) is 5.46. The maximum absolute atomic E-state index is 11.8. The van der Waals surface area contributed by atoms with Crippen molar-refractivity contribution in [2.75, 3.05) is 19.6 Å². The summed E-state index contributed by atoms with van der Waals surface area (Å²) >= 11 is 0. The monoisotopic (exact) mass is 251 g/mol. The van der Waals surface area contributed by atoms with Crippen molar-refractivity contribution in [3.63, 3.8) is 0 Å². The predicted octanol–water partition coefficient (Wildman–Crippen LogP) is 1.77. The lowest BCUT2D eigenvalue weighted by Crippen LogP contribution is -2.35. The molecule has 0 aliphatic carbocycles. The van der Waals surface area contributed by atoms with Crippen LogP contribution in [0.4, 0.5) is 0 Å². The Morgan fingerprint density at radius 2 is 2.28 bits per heavy atom. The van der Waals surface area contributed by atoms with Gasteiger partial charge in [0, 0.05) is 19.1 Å². The van der Waals surface area contributed by atoms with Crippen LogP contribution in [0, 0.1) is 23.2 Å². The first kappa shape index (κ1) is 15.0. The van der Waals surface area contributed by atoms with Gasteiger partial charge in [-0.05, 0) is 39.2 Å². The van der Waals surface area contributed by atoms with E-state index >= 15 is 0 Å². The lowest BCUT2D eigenvalue weighted by Gasteiger charge is -2.20. The molecule has 0 aromatic rings. The minimum absolute atomic E-state index is 0.0950. The SMILES string of the molecule is CCCC(C#N)C(=O)NCC1CCN(C(C)C)C1. The Morgan fingerprint density at radius 1 is 1.56 bits per heavy atom. The Balaban J connectivity index is 2.29. The molecule has 0 aromatic carbocycles. The molecule has 4 nitrogen and oxygen atoms in total. The van der Waals surface area contributed by atoms with Crippen molar-refractivity contribution in [1.82, 2.24) is 10.2 Å². The topological polar surface area (TPSA) is 56.1 Å². The summed E-state index contributed by atoms with van der Waals surface area (Å²) in [5.41, 5.74) is 0. The highest BCUT2D eigenvalue weighted by Gasteiger charge is 2.25. The molecule has 0 radical (unpaired) electrons. The van der Waals surface area contributed by atoms with Gasteiger partial charge in [-0.2, -0.15) is 5.26 Å². The minimum Gasteiger partial charge on any atom is -0.355 e. The molecule has 0 aromatic heterocycles. The van der Waals surface area contributed by atoms with Gasteiger partial charge >= 0.3 is 0 Å². The normalized spacial score (nSPS) is 21.8. The number of rotatable bonds is 6. The van der Waals surface area contributed by atoms with Gasteiger partial charge in [0.25, 0.3) is 0 Å². The van der Waals surface area contributed by atoms with Crippen LogP contribution in [0.3, 0.4) is 0 Å². The summed E-state index contributed by atoms with van der Waals surface area (Å²) in [6, 6.07) is 2.66. The molecule has 1 saturated heterocycles. The zero-order valence-corrected chi connectivity index (χ0v) is 11.8. The van der Waals surface area contributed by atoms with Crippen LogP contribution in [-0.4, -0.2) is 36.5 Å². The van der Waals surface area contributed by atoms with E-state index in [0.29, 0.717) is 24.9 Å². The molecular weight excluding hydrogens is 226 g/mol. The quantitative estimate of drug-likeness (QED) is 0.783. The number of likely N-dealkylation sites (tertiary alicyclic amines) is 1. The Morgan fingerprint density at radius 3 is 2.78 bits per heavy atom. The van der Waals surface area contributed by atoms with Gasteiger partial charge in [-0.3, -0.25) is 4.79 Å². The van der Waals surface area contributed by atoms with E-state index in [-0.39, 0.29) is 5.91 Å². The first-order valence-electron chi connectivity index (χ1n) is 6.99. The van der Waals surface area contributed by atoms with E-state index in [0.717, 1.165) is 25.9 Å². The zero-order chi connectivity index (χ0) is 13.5. The molecule has 4 heteroatoms. The van der Waals surface area contributed by atoms with Crippen molar-refractivity contribution in [2.45, 2.75) is 46.1 Å². The lowest BCUT2D eigenvalue weighted by atomic mass is 10.0. The molecule has 2 unspecified atom stereocenters. The highest BCUT2D eigenvalue weighted by atomic mass is 16.1. The summed E-state index contributed by atoms with van der Waals surface area (Å²) in [4.78, 5) is 14.2. The van der Waals surface area contributed by atoms with Crippen LogP contribution >= 0.6 is 0 Å². The standard InChI is InChI=1S/C14H25N3O/c1-4-5-13(8-15)14(18)16-9-12-6-7-17(10-12)11(2)3/h11-13H,4-7,9-10H2,1-3H3,(H,16,18). The molecular formula is C14H25N3O. The highest BCUT2D eigenvalue weighted by Crippen LogP contribution is 2.17. The Bertz CT molecular complexity index is 309. The average Bonchev–Trinajstić information content (AvgIpc) is 2.82. The van der Waals surface area contributed by atoms with Crippen molar-refractivity contribution < 1.29 is 4.79 Å². The number of hydrogen-bond donors (Lipinski definition) is 1. The number of nitrogens with one attached hydrogen (secondary N) is 1. The smallest absolute Gasteiger partial charge is 0.237 e. The van der Waals surface area contributed by atoms with E-state index in [4.69, 9.17) is 5.26 Å². The minimum atomic E-state index is -0.474. The summed E-state index contributed by atoms with van der Waals surface area (Å²) in [6.45, 7) is 9.29. The molecule has 1 N–H and O–H groups in total. The number of hydrogen-bond acceptors (Lipinski definition) is 3. The van der Waals surface area contributed by atoms with Crippen molar-refractivity contribution >= 4 is 5.91 Å². The summed E-state index contributed by atoms with van der Waals surface area (Å²) in [5.74, 6) is -0.0303. The maximum atomic E-state index is 11.8. The summed E-state index contributed by atoms with van der Waals surface area (Å²) in [7, 11) is 0. The van der Waals surface area contributed by atoms with Gasteiger partial charge in [0.15, 0.2) is 0 Å². The van der Waals surface area contributed by atoms with E-state index in [9.17, 15) is 4.79 Å². The third-order valence-corrected chi connectivity index (χ3v) is 3.66. The third kappa shape index (κ3) is 4.30. The van der Waals surface area contributed by atoms with Gasteiger partial charge in [-0.1, -0.05) is 13.3 Å². The number of nitriles is 1. The van der Waals surface area contributed by atoms with Gasteiger partial charge in [0.05, 0.1) is 6.07 Å². The maximum Gasteiger partial charge on any atom is 0.237 e. The number of nitrogens with zero attached hydrogens (tertiary/aromatic N) is 2. The van der Waals surface area contributed by atoms with E-state index in [2.05, 4.69) is 30.1 Å². The molecule has 1 amide bonds. The number of amides is 1. The fraction of sp³-hybridized carbons (Fsp3) is 0.857. The molecule has 1 aliphatic rings. The zero-order valence-electron chi connectivity index (χ0n) is 11.8. The predicted molar refractivity (Wildman–Crippen MR) is 71.8 cm³/mol. The average molecular weight is 251 g/mol. The molecule has 1 rings (SSSR count). The van der Waals surface area contributed by atoms with E-state index < -0.39 is 5.92 Å². The van der Waals surface area contributed by atoms with Crippen LogP contribution < -0.4 is 5.32 Å². The Labute approximate surface area is 110 Å². The third-order valence-electron chi connectivity index (χ3n) is 3.66. The molecule has 1 aliphatic heterocycles. The van der Waals surface area contributed by atoms with Crippen molar-refractivity contribution in [3.05, 3.63) is 0 Å². The Kier molecular flexibility index (Phi) is 6.14. The van der Waals surface area contributed by atoms with Crippen molar-refractivity contribution in [1.29, 1.82) is 5.26 Å². The lowest BCUT2D eigenvalue weighted by molar-refractivity contribution is -0.123. The summed E-state index contributed by atoms with van der Waals surface area (Å²) < 4.78 is 0. The van der Waals surface area contributed by atoms with Gasteiger partial charge in [0.2, 0.25) is 5.91 Å². The molecule has 102 valence electrons. The van der Waals surface area contributed by atoms with Crippen LogP contribution in [0.1, 0.15) is 40.0 Å². The van der Waals surface area contributed by atoms with Crippen LogP contribution in [0.25, 0.3) is 0 Å². The second kappa shape index (κ2) is 7.38. The van der Waals surface area contributed by atoms with Gasteiger partial charge in [-0.15, -0.1) is 0 Å². The van der Waals surface area contributed by atoms with Crippen molar-refractivity contribution in [2.24, 2.45) is 11.8 Å². The highest BCUT2D eigenvalue weighted by molar-refractivity contribution is 5.80. The molecule has 1 heterocycles. The fourth-order valence-corrected chi connectivity index (χ4v) is 2.41. The molecule has 18 heavy (non-hydrogen) atoms. The number of carbonyl (C=O) groups excluding carboxylic acids is 1. The summed E-state index contributed by atoms with van der Waals surface area (Å²) in [5, 5.41) is 11.8. The van der Waals surface area contributed by atoms with E-state index in [1.54, 1.807) is 0 Å². The fourth-order valence-electron chi connectivity index (χ4n) is 2.41. The molecule has 1 fully saturated rings. The first-order valence-corrected chi connectivity index (χ1v) is 6.99. The Hall–Kier alpha value is -1.08. The van der Waals surface area contributed by atoms with E-state index in [1.165, 1.54) is 0 Å². The van der Waals surface area contributed by atoms with Gasteiger partial charge < -0.3 is 10.2 Å². The largest absolute Gasteiger partial charge is 0.355 e. The van der Waals surface area contributed by atoms with E-state index in [1.807, 2.05) is 6.92 Å². The molecule has 2 atom stereocenters. The van der Waals surface area contributed by atoms with Crippen LogP contribution in [0.15, 0.2) is 0 Å². The molecule has 0 saturated carbocycles. The first-order chi connectivity index (χ1) is 8.58.